The number of carbonyl (C=O) groups is 1. The Kier molecular flexibility index (Phi) is 5.22. The van der Waals surface area contributed by atoms with Crippen LogP contribution in [0.1, 0.15) is 27.2 Å². The third kappa shape index (κ3) is 4.42. The molecule has 0 unspecified atom stereocenters. The number of amides is 1. The van der Waals surface area contributed by atoms with Crippen molar-refractivity contribution in [1.82, 2.24) is 15.5 Å². The summed E-state index contributed by atoms with van der Waals surface area (Å²) in [5.74, 6) is -0.216. The van der Waals surface area contributed by atoms with E-state index in [0.29, 0.717) is 11.4 Å². The number of aryl methyl sites for hydroxylation is 2. The quantitative estimate of drug-likeness (QED) is 0.732. The van der Waals surface area contributed by atoms with Crippen molar-refractivity contribution in [2.45, 2.75) is 20.4 Å². The molecule has 5 nitrogen and oxygen atoms in total. The largest absolute Gasteiger partial charge is 0.346 e. The van der Waals surface area contributed by atoms with E-state index in [2.05, 4.69) is 26.9 Å². The van der Waals surface area contributed by atoms with Gasteiger partial charge in [0, 0.05) is 17.8 Å². The summed E-state index contributed by atoms with van der Waals surface area (Å²) in [6, 6.07) is 15.7. The smallest absolute Gasteiger partial charge is 0.272 e. The molecule has 3 rings (SSSR count). The SMILES string of the molecule is Cc1cc(C)cc(Nc2ccc(C(=O)NCc3ccccc3F)nn2)c1. The number of benzene rings is 2. The molecular formula is C20H19FN4O. The lowest BCUT2D eigenvalue weighted by Crippen LogP contribution is -2.24. The maximum atomic E-state index is 13.6. The Bertz CT molecular complexity index is 905. The molecule has 2 N–H and O–H groups in total. The summed E-state index contributed by atoms with van der Waals surface area (Å²) < 4.78 is 13.6. The fourth-order valence-corrected chi connectivity index (χ4v) is 2.62. The number of anilines is 2. The lowest BCUT2D eigenvalue weighted by molar-refractivity contribution is 0.0944. The molecule has 132 valence electrons. The molecule has 0 spiro atoms. The van der Waals surface area contributed by atoms with Crippen molar-refractivity contribution in [3.05, 3.63) is 82.8 Å². The molecule has 0 saturated carbocycles. The topological polar surface area (TPSA) is 66.9 Å². The third-order valence-corrected chi connectivity index (χ3v) is 3.79. The van der Waals surface area contributed by atoms with Gasteiger partial charge in [-0.15, -0.1) is 10.2 Å². The van der Waals surface area contributed by atoms with Crippen molar-refractivity contribution >= 4 is 17.4 Å². The predicted octanol–water partition coefficient (Wildman–Crippen LogP) is 3.91. The molecule has 6 heteroatoms. The van der Waals surface area contributed by atoms with Gasteiger partial charge in [-0.2, -0.15) is 0 Å². The lowest BCUT2D eigenvalue weighted by Gasteiger charge is -2.08. The van der Waals surface area contributed by atoms with Crippen molar-refractivity contribution in [2.24, 2.45) is 0 Å². The Morgan fingerprint density at radius 3 is 2.38 bits per heavy atom. The van der Waals surface area contributed by atoms with E-state index in [0.717, 1.165) is 16.8 Å². The fraction of sp³-hybridized carbons (Fsp3) is 0.150. The summed E-state index contributed by atoms with van der Waals surface area (Å²) in [6.07, 6.45) is 0. The molecule has 0 radical (unpaired) electrons. The second-order valence-corrected chi connectivity index (χ2v) is 6.08. The summed E-state index contributed by atoms with van der Waals surface area (Å²) in [4.78, 5) is 12.1. The van der Waals surface area contributed by atoms with Gasteiger partial charge in [-0.1, -0.05) is 24.3 Å². The van der Waals surface area contributed by atoms with Gasteiger partial charge in [0.15, 0.2) is 11.5 Å². The van der Waals surface area contributed by atoms with Gasteiger partial charge in [-0.3, -0.25) is 4.79 Å². The first-order valence-electron chi connectivity index (χ1n) is 8.22. The number of hydrogen-bond acceptors (Lipinski definition) is 4. The standard InChI is InChI=1S/C20H19FN4O/c1-13-9-14(2)11-16(10-13)23-19-8-7-18(24-25-19)20(26)22-12-15-5-3-4-6-17(15)21/h3-11H,12H2,1-2H3,(H,22,26)(H,23,25). The average Bonchev–Trinajstić information content (AvgIpc) is 2.60. The van der Waals surface area contributed by atoms with Crippen LogP contribution in [-0.2, 0) is 6.54 Å². The Hall–Kier alpha value is -3.28. The van der Waals surface area contributed by atoms with E-state index in [1.807, 2.05) is 26.0 Å². The van der Waals surface area contributed by atoms with Crippen molar-refractivity contribution < 1.29 is 9.18 Å². The second kappa shape index (κ2) is 7.74. The van der Waals surface area contributed by atoms with E-state index in [4.69, 9.17) is 0 Å². The lowest BCUT2D eigenvalue weighted by atomic mass is 10.1. The summed E-state index contributed by atoms with van der Waals surface area (Å²) in [5.41, 5.74) is 3.79. The molecule has 26 heavy (non-hydrogen) atoms. The highest BCUT2D eigenvalue weighted by Crippen LogP contribution is 2.17. The van der Waals surface area contributed by atoms with Crippen LogP contribution in [0.4, 0.5) is 15.9 Å². The van der Waals surface area contributed by atoms with Gasteiger partial charge in [0.05, 0.1) is 0 Å². The fourth-order valence-electron chi connectivity index (χ4n) is 2.62. The van der Waals surface area contributed by atoms with E-state index in [9.17, 15) is 9.18 Å². The van der Waals surface area contributed by atoms with Crippen LogP contribution >= 0.6 is 0 Å². The first-order chi connectivity index (χ1) is 12.5. The molecule has 0 aliphatic rings. The summed E-state index contributed by atoms with van der Waals surface area (Å²) in [6.45, 7) is 4.13. The van der Waals surface area contributed by atoms with E-state index in [-0.39, 0.29) is 18.1 Å². The minimum Gasteiger partial charge on any atom is -0.346 e. The minimum atomic E-state index is -0.404. The Balaban J connectivity index is 1.63. The van der Waals surface area contributed by atoms with E-state index >= 15 is 0 Å². The summed E-state index contributed by atoms with van der Waals surface area (Å²) in [7, 11) is 0. The van der Waals surface area contributed by atoms with Crippen LogP contribution in [0, 0.1) is 19.7 Å². The molecule has 1 amide bonds. The van der Waals surface area contributed by atoms with Crippen molar-refractivity contribution in [3.8, 4) is 0 Å². The summed E-state index contributed by atoms with van der Waals surface area (Å²) in [5, 5.41) is 13.8. The zero-order valence-corrected chi connectivity index (χ0v) is 14.6. The molecule has 0 bridgehead atoms. The zero-order chi connectivity index (χ0) is 18.5. The number of nitrogens with zero attached hydrogens (tertiary/aromatic N) is 2. The van der Waals surface area contributed by atoms with Gasteiger partial charge >= 0.3 is 0 Å². The number of aromatic nitrogens is 2. The van der Waals surface area contributed by atoms with Crippen molar-refractivity contribution in [3.63, 3.8) is 0 Å². The van der Waals surface area contributed by atoms with Gasteiger partial charge in [0.25, 0.3) is 5.91 Å². The molecule has 0 aliphatic carbocycles. The van der Waals surface area contributed by atoms with Gasteiger partial charge in [-0.05, 0) is 55.3 Å². The van der Waals surface area contributed by atoms with Crippen LogP contribution in [-0.4, -0.2) is 16.1 Å². The van der Waals surface area contributed by atoms with Crippen LogP contribution < -0.4 is 10.6 Å². The van der Waals surface area contributed by atoms with Crippen LogP contribution in [0.3, 0.4) is 0 Å². The van der Waals surface area contributed by atoms with E-state index in [1.165, 1.54) is 6.07 Å². The molecule has 0 aliphatic heterocycles. The summed E-state index contributed by atoms with van der Waals surface area (Å²) >= 11 is 0. The number of nitrogens with one attached hydrogen (secondary N) is 2. The number of hydrogen-bond donors (Lipinski definition) is 2. The Morgan fingerprint density at radius 2 is 1.73 bits per heavy atom. The second-order valence-electron chi connectivity index (χ2n) is 6.08. The highest BCUT2D eigenvalue weighted by atomic mass is 19.1. The van der Waals surface area contributed by atoms with Gasteiger partial charge < -0.3 is 10.6 Å². The highest BCUT2D eigenvalue weighted by Gasteiger charge is 2.09. The van der Waals surface area contributed by atoms with Gasteiger partial charge in [-0.25, -0.2) is 4.39 Å². The Labute approximate surface area is 151 Å². The molecule has 2 aromatic carbocycles. The monoisotopic (exact) mass is 350 g/mol. The predicted molar refractivity (Wildman–Crippen MR) is 98.8 cm³/mol. The van der Waals surface area contributed by atoms with E-state index < -0.39 is 5.91 Å². The van der Waals surface area contributed by atoms with Gasteiger partial charge in [0.1, 0.15) is 5.82 Å². The third-order valence-electron chi connectivity index (χ3n) is 3.79. The number of halogens is 1. The molecule has 1 heterocycles. The average molecular weight is 350 g/mol. The highest BCUT2D eigenvalue weighted by molar-refractivity contribution is 5.92. The molecule has 3 aromatic rings. The van der Waals surface area contributed by atoms with Gasteiger partial charge in [0.2, 0.25) is 0 Å². The first kappa shape index (κ1) is 17.5. The molecule has 0 atom stereocenters. The Morgan fingerprint density at radius 1 is 1.00 bits per heavy atom. The maximum Gasteiger partial charge on any atom is 0.272 e. The number of rotatable bonds is 5. The maximum absolute atomic E-state index is 13.6. The van der Waals surface area contributed by atoms with Crippen LogP contribution in [0.5, 0.6) is 0 Å². The molecule has 0 fully saturated rings. The first-order valence-corrected chi connectivity index (χ1v) is 8.22. The van der Waals surface area contributed by atoms with Crippen molar-refractivity contribution in [1.29, 1.82) is 0 Å². The normalized spacial score (nSPS) is 10.4. The molecule has 1 aromatic heterocycles. The van der Waals surface area contributed by atoms with Crippen LogP contribution in [0.2, 0.25) is 0 Å². The molecule has 0 saturated heterocycles. The van der Waals surface area contributed by atoms with E-state index in [1.54, 1.807) is 30.3 Å². The minimum absolute atomic E-state index is 0.0930. The van der Waals surface area contributed by atoms with Crippen LogP contribution in [0.25, 0.3) is 0 Å². The van der Waals surface area contributed by atoms with Crippen LogP contribution in [0.15, 0.2) is 54.6 Å². The van der Waals surface area contributed by atoms with Crippen molar-refractivity contribution in [2.75, 3.05) is 5.32 Å². The molecular weight excluding hydrogens is 331 g/mol. The zero-order valence-electron chi connectivity index (χ0n) is 14.6. The number of carbonyl (C=O) groups excluding carboxylic acids is 1.